The van der Waals surface area contributed by atoms with E-state index in [0.717, 1.165) is 11.1 Å². The number of hydrogen-bond acceptors (Lipinski definition) is 7. The summed E-state index contributed by atoms with van der Waals surface area (Å²) in [6, 6.07) is 10.6. The minimum Gasteiger partial charge on any atom is -0.496 e. The lowest BCUT2D eigenvalue weighted by molar-refractivity contribution is -0.133. The number of aromatic nitrogens is 3. The third kappa shape index (κ3) is 5.01. The van der Waals surface area contributed by atoms with Gasteiger partial charge in [0, 0.05) is 58.0 Å². The van der Waals surface area contributed by atoms with Crippen LogP contribution >= 0.6 is 35.0 Å². The summed E-state index contributed by atoms with van der Waals surface area (Å²) >= 11 is 14.3. The number of thioether (sulfide) groups is 1. The van der Waals surface area contributed by atoms with Crippen LogP contribution in [-0.4, -0.2) is 63.1 Å². The van der Waals surface area contributed by atoms with Gasteiger partial charge in [-0.25, -0.2) is 4.68 Å². The maximum Gasteiger partial charge on any atom is 0.276 e. The number of piperazine rings is 1. The fourth-order valence-corrected chi connectivity index (χ4v) is 7.03. The molecule has 2 aliphatic rings. The molecule has 6 rings (SSSR count). The summed E-state index contributed by atoms with van der Waals surface area (Å²) in [4.78, 5) is 45.2. The van der Waals surface area contributed by atoms with Crippen molar-refractivity contribution in [3.8, 4) is 33.8 Å². The molecule has 220 valence electrons. The predicted octanol–water partition coefficient (Wildman–Crippen LogP) is 4.97. The first kappa shape index (κ1) is 29.0. The van der Waals surface area contributed by atoms with Gasteiger partial charge in [0.1, 0.15) is 11.3 Å². The summed E-state index contributed by atoms with van der Waals surface area (Å²) in [5, 5.41) is 8.48. The number of benzene rings is 2. The summed E-state index contributed by atoms with van der Waals surface area (Å²) in [5.41, 5.74) is 9.21. The first-order valence-corrected chi connectivity index (χ1v) is 15.0. The summed E-state index contributed by atoms with van der Waals surface area (Å²) < 4.78 is 7.41. The minimum atomic E-state index is -1.07. The van der Waals surface area contributed by atoms with Crippen molar-refractivity contribution in [3.05, 3.63) is 75.7 Å². The molecular formula is C30H26Cl2N6O4S. The second-order valence-electron chi connectivity index (χ2n) is 10.7. The molecule has 0 bridgehead atoms. The summed E-state index contributed by atoms with van der Waals surface area (Å²) in [5.74, 6) is -0.0709. The van der Waals surface area contributed by atoms with E-state index < -0.39 is 11.4 Å². The number of halogens is 2. The van der Waals surface area contributed by atoms with Crippen LogP contribution in [0.4, 0.5) is 0 Å². The maximum atomic E-state index is 14.1. The highest BCUT2D eigenvalue weighted by molar-refractivity contribution is 7.98. The number of nitrogens with zero attached hydrogens (tertiary/aromatic N) is 4. The van der Waals surface area contributed by atoms with Crippen molar-refractivity contribution in [3.63, 3.8) is 0 Å². The lowest BCUT2D eigenvalue weighted by Gasteiger charge is -2.40. The molecule has 0 aliphatic carbocycles. The van der Waals surface area contributed by atoms with Crippen LogP contribution < -0.4 is 15.8 Å². The molecule has 0 unspecified atom stereocenters. The molecule has 2 aliphatic heterocycles. The number of methoxy groups -OCH3 is 1. The van der Waals surface area contributed by atoms with E-state index in [2.05, 4.69) is 10.3 Å². The number of primary amides is 1. The Morgan fingerprint density at radius 3 is 2.51 bits per heavy atom. The average molecular weight is 638 g/mol. The Labute approximate surface area is 261 Å². The molecule has 10 nitrogen and oxygen atoms in total. The molecule has 1 fully saturated rings. The quantitative estimate of drug-likeness (QED) is 0.316. The zero-order valence-corrected chi connectivity index (χ0v) is 25.7. The van der Waals surface area contributed by atoms with Gasteiger partial charge in [-0.3, -0.25) is 19.4 Å². The molecule has 0 saturated carbocycles. The van der Waals surface area contributed by atoms with Gasteiger partial charge in [-0.2, -0.15) is 5.10 Å². The Balaban J connectivity index is 1.59. The van der Waals surface area contributed by atoms with E-state index in [1.807, 2.05) is 12.1 Å². The van der Waals surface area contributed by atoms with Crippen molar-refractivity contribution < 1.29 is 19.1 Å². The number of hydrogen-bond donors (Lipinski definition) is 2. The second kappa shape index (κ2) is 10.9. The molecule has 2 aromatic heterocycles. The summed E-state index contributed by atoms with van der Waals surface area (Å²) in [7, 11) is 1.57. The van der Waals surface area contributed by atoms with E-state index >= 15 is 0 Å². The predicted molar refractivity (Wildman–Crippen MR) is 165 cm³/mol. The SMILES string of the molecule is COc1cc2c(cc1-c1cncc(C(N)=O)c1)-c1c(c(C(=O)N3CCNC(=O)C3(C)C)nn1-c1cc(Cl)cc(Cl)c1)SC2. The Morgan fingerprint density at radius 1 is 1.07 bits per heavy atom. The number of rotatable bonds is 5. The minimum absolute atomic E-state index is 0.222. The van der Waals surface area contributed by atoms with Gasteiger partial charge in [0.2, 0.25) is 11.8 Å². The van der Waals surface area contributed by atoms with E-state index in [1.165, 1.54) is 18.0 Å². The van der Waals surface area contributed by atoms with E-state index in [9.17, 15) is 14.4 Å². The summed E-state index contributed by atoms with van der Waals surface area (Å²) in [6.45, 7) is 4.12. The van der Waals surface area contributed by atoms with Crippen LogP contribution in [0.25, 0.3) is 28.1 Å². The highest BCUT2D eigenvalue weighted by atomic mass is 35.5. The van der Waals surface area contributed by atoms with Crippen molar-refractivity contribution in [2.45, 2.75) is 30.0 Å². The first-order chi connectivity index (χ1) is 20.5. The van der Waals surface area contributed by atoms with Crippen molar-refractivity contribution in [1.82, 2.24) is 25.0 Å². The standard InChI is InChI=1S/C30H26Cl2N6O4S/c1-30(2)29(41)35-4-5-37(30)28(40)24-26-25(38(36-24)20-9-18(31)8-19(32)10-20)22-11-21(23(42-3)7-17(22)14-43-26)15-6-16(27(33)39)13-34-12-15/h6-13H,4-5,14H2,1-3H3,(H2,33,39)(H,35,41). The van der Waals surface area contributed by atoms with Crippen molar-refractivity contribution >= 4 is 52.7 Å². The van der Waals surface area contributed by atoms with Gasteiger partial charge < -0.3 is 20.7 Å². The third-order valence-electron chi connectivity index (χ3n) is 7.62. The fraction of sp³-hybridized carbons (Fsp3) is 0.233. The van der Waals surface area contributed by atoms with Crippen LogP contribution in [0.2, 0.25) is 10.0 Å². The Kier molecular flexibility index (Phi) is 7.35. The van der Waals surface area contributed by atoms with Crippen molar-refractivity contribution in [2.75, 3.05) is 20.2 Å². The van der Waals surface area contributed by atoms with Gasteiger partial charge in [0.15, 0.2) is 5.69 Å². The van der Waals surface area contributed by atoms with Gasteiger partial charge in [-0.15, -0.1) is 11.8 Å². The number of carbonyl (C=O) groups is 3. The molecule has 3 amide bonds. The smallest absolute Gasteiger partial charge is 0.276 e. The zero-order valence-electron chi connectivity index (χ0n) is 23.4. The van der Waals surface area contributed by atoms with Crippen LogP contribution in [0.15, 0.2) is 53.7 Å². The third-order valence-corrected chi connectivity index (χ3v) is 9.19. The molecule has 3 N–H and O–H groups in total. The lowest BCUT2D eigenvalue weighted by atomic mass is 9.95. The lowest BCUT2D eigenvalue weighted by Crippen LogP contribution is -2.63. The van der Waals surface area contributed by atoms with Crippen molar-refractivity contribution in [2.24, 2.45) is 5.73 Å². The van der Waals surface area contributed by atoms with Crippen LogP contribution in [0.1, 0.15) is 40.3 Å². The highest BCUT2D eigenvalue weighted by Gasteiger charge is 2.43. The van der Waals surface area contributed by atoms with Crippen LogP contribution in [0.3, 0.4) is 0 Å². The van der Waals surface area contributed by atoms with Crippen LogP contribution in [-0.2, 0) is 10.5 Å². The maximum absolute atomic E-state index is 14.1. The fourth-order valence-electron chi connectivity index (χ4n) is 5.38. The molecule has 1 saturated heterocycles. The molecule has 2 aromatic carbocycles. The second-order valence-corrected chi connectivity index (χ2v) is 12.5. The summed E-state index contributed by atoms with van der Waals surface area (Å²) in [6.07, 6.45) is 3.03. The number of amides is 3. The van der Waals surface area contributed by atoms with Crippen LogP contribution in [0, 0.1) is 0 Å². The van der Waals surface area contributed by atoms with Crippen molar-refractivity contribution in [1.29, 1.82) is 0 Å². The van der Waals surface area contributed by atoms with Gasteiger partial charge >= 0.3 is 0 Å². The number of pyridine rings is 1. The average Bonchev–Trinajstić information content (AvgIpc) is 3.37. The Morgan fingerprint density at radius 2 is 1.81 bits per heavy atom. The van der Waals surface area contributed by atoms with Gasteiger partial charge in [-0.05, 0) is 55.8 Å². The number of carbonyl (C=O) groups excluding carboxylic acids is 3. The van der Waals surface area contributed by atoms with E-state index in [0.29, 0.717) is 62.0 Å². The monoisotopic (exact) mass is 636 g/mol. The van der Waals surface area contributed by atoms with E-state index in [1.54, 1.807) is 61.0 Å². The number of nitrogens with one attached hydrogen (secondary N) is 1. The number of ether oxygens (including phenoxy) is 1. The van der Waals surface area contributed by atoms with E-state index in [-0.39, 0.29) is 23.1 Å². The first-order valence-electron chi connectivity index (χ1n) is 13.3. The van der Waals surface area contributed by atoms with E-state index in [4.69, 9.17) is 38.8 Å². The molecule has 0 spiro atoms. The van der Waals surface area contributed by atoms with Gasteiger partial charge in [-0.1, -0.05) is 23.2 Å². The zero-order chi connectivity index (χ0) is 30.6. The largest absolute Gasteiger partial charge is 0.496 e. The Hall–Kier alpha value is -4.06. The highest BCUT2D eigenvalue weighted by Crippen LogP contribution is 2.48. The molecule has 13 heteroatoms. The molecule has 43 heavy (non-hydrogen) atoms. The Bertz CT molecular complexity index is 1820. The number of nitrogens with two attached hydrogens (primary N) is 1. The molecule has 0 radical (unpaired) electrons. The topological polar surface area (TPSA) is 132 Å². The number of fused-ring (bicyclic) bond motifs is 3. The van der Waals surface area contributed by atoms with Gasteiger partial charge in [0.05, 0.1) is 29.0 Å². The molecule has 0 atom stereocenters. The normalized spacial score (nSPS) is 15.4. The van der Waals surface area contributed by atoms with Gasteiger partial charge in [0.25, 0.3) is 5.91 Å². The molecule has 4 heterocycles. The molecular weight excluding hydrogens is 611 g/mol. The van der Waals surface area contributed by atoms with Crippen LogP contribution in [0.5, 0.6) is 5.75 Å². The molecule has 4 aromatic rings.